The van der Waals surface area contributed by atoms with Gasteiger partial charge in [0.2, 0.25) is 0 Å². The Labute approximate surface area is 88.6 Å². The van der Waals surface area contributed by atoms with Gasteiger partial charge in [-0.05, 0) is 23.7 Å². The molecule has 0 saturated carbocycles. The first-order chi connectivity index (χ1) is 6.27. The van der Waals surface area contributed by atoms with E-state index in [4.69, 9.17) is 11.6 Å². The number of hydrogen-bond donors (Lipinski definition) is 1. The van der Waals surface area contributed by atoms with Crippen molar-refractivity contribution in [2.75, 3.05) is 0 Å². The van der Waals surface area contributed by atoms with Gasteiger partial charge in [0, 0.05) is 16.5 Å². The smallest absolute Gasteiger partial charge is 0.124 e. The van der Waals surface area contributed by atoms with Gasteiger partial charge in [-0.3, -0.25) is 0 Å². The topological polar surface area (TPSA) is 33.1 Å². The SMILES string of the molecule is OC(c1cc(Cl)cs1)c1ccns1. The second kappa shape index (κ2) is 3.75. The van der Waals surface area contributed by atoms with Crippen LogP contribution in [0.1, 0.15) is 15.9 Å². The van der Waals surface area contributed by atoms with Gasteiger partial charge in [0.25, 0.3) is 0 Å². The first kappa shape index (κ1) is 9.15. The Kier molecular flexibility index (Phi) is 2.64. The molecule has 13 heavy (non-hydrogen) atoms. The molecular weight excluding hydrogens is 226 g/mol. The maximum Gasteiger partial charge on any atom is 0.124 e. The Hall–Kier alpha value is -0.420. The predicted molar refractivity (Wildman–Crippen MR) is 55.5 cm³/mol. The van der Waals surface area contributed by atoms with E-state index in [0.717, 1.165) is 9.75 Å². The Balaban J connectivity index is 2.28. The Morgan fingerprint density at radius 2 is 2.31 bits per heavy atom. The average molecular weight is 232 g/mol. The molecule has 1 atom stereocenters. The van der Waals surface area contributed by atoms with Gasteiger partial charge in [0.15, 0.2) is 0 Å². The van der Waals surface area contributed by atoms with Gasteiger partial charge in [0.05, 0.1) is 9.90 Å². The predicted octanol–water partition coefficient (Wildman–Crippen LogP) is 2.94. The van der Waals surface area contributed by atoms with Crippen LogP contribution in [0.5, 0.6) is 0 Å². The van der Waals surface area contributed by atoms with Crippen molar-refractivity contribution in [3.8, 4) is 0 Å². The lowest BCUT2D eigenvalue weighted by Crippen LogP contribution is -1.92. The molecule has 0 amide bonds. The highest BCUT2D eigenvalue weighted by Gasteiger charge is 2.13. The first-order valence-electron chi connectivity index (χ1n) is 3.60. The highest BCUT2D eigenvalue weighted by Crippen LogP contribution is 2.30. The van der Waals surface area contributed by atoms with Crippen LogP contribution in [-0.2, 0) is 0 Å². The van der Waals surface area contributed by atoms with Crippen molar-refractivity contribution in [2.45, 2.75) is 6.10 Å². The van der Waals surface area contributed by atoms with Gasteiger partial charge in [-0.25, -0.2) is 4.37 Å². The molecule has 5 heteroatoms. The van der Waals surface area contributed by atoms with Gasteiger partial charge in [-0.1, -0.05) is 11.6 Å². The van der Waals surface area contributed by atoms with Crippen LogP contribution >= 0.6 is 34.5 Å². The molecule has 68 valence electrons. The van der Waals surface area contributed by atoms with E-state index in [9.17, 15) is 5.11 Å². The molecule has 0 fully saturated rings. The summed E-state index contributed by atoms with van der Waals surface area (Å²) in [6, 6.07) is 3.58. The van der Waals surface area contributed by atoms with Crippen LogP contribution in [0.2, 0.25) is 5.02 Å². The first-order valence-corrected chi connectivity index (χ1v) is 5.63. The van der Waals surface area contributed by atoms with Crippen LogP contribution in [0.25, 0.3) is 0 Å². The molecule has 0 aromatic carbocycles. The van der Waals surface area contributed by atoms with Crippen molar-refractivity contribution < 1.29 is 5.11 Å². The average Bonchev–Trinajstić information content (AvgIpc) is 2.72. The van der Waals surface area contributed by atoms with E-state index in [1.165, 1.54) is 22.9 Å². The Morgan fingerprint density at radius 1 is 1.46 bits per heavy atom. The van der Waals surface area contributed by atoms with Gasteiger partial charge in [-0.15, -0.1) is 11.3 Å². The minimum Gasteiger partial charge on any atom is -0.382 e. The highest BCUT2D eigenvalue weighted by atomic mass is 35.5. The zero-order valence-electron chi connectivity index (χ0n) is 6.48. The zero-order valence-corrected chi connectivity index (χ0v) is 8.86. The number of aliphatic hydroxyl groups excluding tert-OH is 1. The lowest BCUT2D eigenvalue weighted by Gasteiger charge is -2.02. The van der Waals surface area contributed by atoms with Gasteiger partial charge < -0.3 is 5.11 Å². The maximum absolute atomic E-state index is 9.82. The number of aliphatic hydroxyl groups is 1. The summed E-state index contributed by atoms with van der Waals surface area (Å²) in [7, 11) is 0. The third-order valence-electron chi connectivity index (χ3n) is 1.58. The number of thiophene rings is 1. The van der Waals surface area contributed by atoms with Crippen LogP contribution in [-0.4, -0.2) is 9.48 Å². The second-order valence-corrected chi connectivity index (χ2v) is 4.73. The van der Waals surface area contributed by atoms with Crippen molar-refractivity contribution in [1.29, 1.82) is 0 Å². The van der Waals surface area contributed by atoms with Crippen molar-refractivity contribution >= 4 is 34.5 Å². The maximum atomic E-state index is 9.82. The van der Waals surface area contributed by atoms with E-state index in [1.54, 1.807) is 17.6 Å². The summed E-state index contributed by atoms with van der Waals surface area (Å²) in [5.41, 5.74) is 0. The minimum absolute atomic E-state index is 0.579. The number of rotatable bonds is 2. The van der Waals surface area contributed by atoms with E-state index < -0.39 is 6.10 Å². The normalized spacial score (nSPS) is 13.1. The summed E-state index contributed by atoms with van der Waals surface area (Å²) in [6.45, 7) is 0. The largest absolute Gasteiger partial charge is 0.382 e. The Bertz CT molecular complexity index is 385. The summed E-state index contributed by atoms with van der Waals surface area (Å²) < 4.78 is 3.93. The molecule has 0 spiro atoms. The van der Waals surface area contributed by atoms with Crippen molar-refractivity contribution in [3.63, 3.8) is 0 Å². The summed E-state index contributed by atoms with van der Waals surface area (Å²) in [5.74, 6) is 0. The third-order valence-corrected chi connectivity index (χ3v) is 3.71. The monoisotopic (exact) mass is 231 g/mol. The zero-order chi connectivity index (χ0) is 9.26. The van der Waals surface area contributed by atoms with Gasteiger partial charge >= 0.3 is 0 Å². The van der Waals surface area contributed by atoms with Gasteiger partial charge in [-0.2, -0.15) is 0 Å². The molecule has 0 bridgehead atoms. The summed E-state index contributed by atoms with van der Waals surface area (Å²) in [6.07, 6.45) is 1.10. The lowest BCUT2D eigenvalue weighted by atomic mass is 10.2. The van der Waals surface area contributed by atoms with E-state index in [-0.39, 0.29) is 0 Å². The number of hydrogen-bond acceptors (Lipinski definition) is 4. The fourth-order valence-electron chi connectivity index (χ4n) is 0.979. The molecule has 2 aromatic heterocycles. The molecule has 0 aliphatic heterocycles. The number of nitrogens with zero attached hydrogens (tertiary/aromatic N) is 1. The van der Waals surface area contributed by atoms with E-state index in [1.807, 2.05) is 6.07 Å². The fourth-order valence-corrected chi connectivity index (χ4v) is 2.73. The van der Waals surface area contributed by atoms with Crippen LogP contribution in [0.4, 0.5) is 0 Å². The molecule has 2 nitrogen and oxygen atoms in total. The summed E-state index contributed by atoms with van der Waals surface area (Å²) >= 11 is 8.50. The molecule has 2 aromatic rings. The standard InChI is InChI=1S/C8H6ClNOS2/c9-5-3-7(12-4-5)8(11)6-1-2-10-13-6/h1-4,8,11H. The van der Waals surface area contributed by atoms with E-state index in [2.05, 4.69) is 4.37 Å². The van der Waals surface area contributed by atoms with Crippen LogP contribution in [0.3, 0.4) is 0 Å². The highest BCUT2D eigenvalue weighted by molar-refractivity contribution is 7.11. The molecule has 0 aliphatic rings. The molecule has 1 unspecified atom stereocenters. The summed E-state index contributed by atoms with van der Waals surface area (Å²) in [5, 5.41) is 12.3. The molecular formula is C8H6ClNOS2. The number of aromatic nitrogens is 1. The van der Waals surface area contributed by atoms with Crippen LogP contribution < -0.4 is 0 Å². The fraction of sp³-hybridized carbons (Fsp3) is 0.125. The molecule has 0 radical (unpaired) electrons. The van der Waals surface area contributed by atoms with Crippen molar-refractivity contribution in [2.24, 2.45) is 0 Å². The van der Waals surface area contributed by atoms with Crippen LogP contribution in [0, 0.1) is 0 Å². The minimum atomic E-state index is -0.579. The quantitative estimate of drug-likeness (QED) is 0.862. The molecule has 2 rings (SSSR count). The Morgan fingerprint density at radius 3 is 2.85 bits per heavy atom. The molecule has 0 saturated heterocycles. The lowest BCUT2D eigenvalue weighted by molar-refractivity contribution is 0.228. The second-order valence-electron chi connectivity index (χ2n) is 2.48. The summed E-state index contributed by atoms with van der Waals surface area (Å²) in [4.78, 5) is 1.70. The van der Waals surface area contributed by atoms with Crippen molar-refractivity contribution in [1.82, 2.24) is 4.37 Å². The van der Waals surface area contributed by atoms with Crippen molar-refractivity contribution in [3.05, 3.63) is 38.5 Å². The van der Waals surface area contributed by atoms with Gasteiger partial charge in [0.1, 0.15) is 6.10 Å². The number of halogens is 1. The third kappa shape index (κ3) is 1.91. The molecule has 0 aliphatic carbocycles. The van der Waals surface area contributed by atoms with Crippen LogP contribution in [0.15, 0.2) is 23.7 Å². The van der Waals surface area contributed by atoms with E-state index >= 15 is 0 Å². The molecule has 1 N–H and O–H groups in total. The van der Waals surface area contributed by atoms with E-state index in [0.29, 0.717) is 5.02 Å². The molecule has 2 heterocycles.